The van der Waals surface area contributed by atoms with Crippen LogP contribution in [0.3, 0.4) is 0 Å². The van der Waals surface area contributed by atoms with Crippen LogP contribution in [0.25, 0.3) is 0 Å². The van der Waals surface area contributed by atoms with Gasteiger partial charge in [0, 0.05) is 23.3 Å². The smallest absolute Gasteiger partial charge is 0.249 e. The monoisotopic (exact) mass is 287 g/mol. The van der Waals surface area contributed by atoms with E-state index in [4.69, 9.17) is 5.73 Å². The first-order valence-corrected chi connectivity index (χ1v) is 8.06. The Morgan fingerprint density at radius 2 is 2.14 bits per heavy atom. The summed E-state index contributed by atoms with van der Waals surface area (Å²) in [5.74, 6) is 0.348. The number of benzene rings is 1. The van der Waals surface area contributed by atoms with Gasteiger partial charge in [0.15, 0.2) is 0 Å². The molecule has 1 aliphatic heterocycles. The Morgan fingerprint density at radius 3 is 2.86 bits per heavy atom. The van der Waals surface area contributed by atoms with E-state index in [1.54, 1.807) is 6.07 Å². The first kappa shape index (κ1) is 14.4. The van der Waals surface area contributed by atoms with E-state index in [9.17, 15) is 4.79 Å². The number of amides is 1. The second kappa shape index (κ2) is 6.06. The molecule has 0 radical (unpaired) electrons. The van der Waals surface area contributed by atoms with Gasteiger partial charge >= 0.3 is 0 Å². The van der Waals surface area contributed by atoms with Crippen LogP contribution in [0.1, 0.15) is 48.0 Å². The maximum Gasteiger partial charge on any atom is 0.249 e. The standard InChI is InChI=1S/C17H25N3O/c1-11-12(17(18)21)5-2-7-14(11)20-16-8-3-6-13(16)15-9-4-10-19-15/h2,5,7,13,15-16,19-20H,3-4,6,8-10H2,1H3,(H2,18,21). The van der Waals surface area contributed by atoms with Crippen LogP contribution in [-0.2, 0) is 0 Å². The SMILES string of the molecule is Cc1c(NC2CCCC2C2CCCN2)cccc1C(N)=O. The minimum Gasteiger partial charge on any atom is -0.382 e. The number of nitrogens with one attached hydrogen (secondary N) is 2. The average Bonchev–Trinajstić information content (AvgIpc) is 3.11. The molecule has 2 aliphatic rings. The molecule has 1 heterocycles. The minimum atomic E-state index is -0.350. The predicted molar refractivity (Wildman–Crippen MR) is 85.5 cm³/mol. The van der Waals surface area contributed by atoms with Crippen LogP contribution in [0.2, 0.25) is 0 Å². The fourth-order valence-electron chi connectivity index (χ4n) is 3.99. The summed E-state index contributed by atoms with van der Waals surface area (Å²) >= 11 is 0. The molecule has 3 unspecified atom stereocenters. The molecule has 3 atom stereocenters. The molecule has 0 spiro atoms. The number of hydrogen-bond acceptors (Lipinski definition) is 3. The highest BCUT2D eigenvalue weighted by Gasteiger charge is 2.35. The van der Waals surface area contributed by atoms with Crippen LogP contribution in [0.4, 0.5) is 5.69 Å². The maximum atomic E-state index is 11.5. The Kier molecular flexibility index (Phi) is 4.15. The largest absolute Gasteiger partial charge is 0.382 e. The van der Waals surface area contributed by atoms with E-state index in [1.807, 2.05) is 13.0 Å². The summed E-state index contributed by atoms with van der Waals surface area (Å²) in [7, 11) is 0. The lowest BCUT2D eigenvalue weighted by molar-refractivity contribution is 0.1000. The van der Waals surface area contributed by atoms with Gasteiger partial charge in [0.05, 0.1) is 0 Å². The number of nitrogens with two attached hydrogens (primary N) is 1. The van der Waals surface area contributed by atoms with Crippen LogP contribution in [0.5, 0.6) is 0 Å². The van der Waals surface area contributed by atoms with Crippen molar-refractivity contribution < 1.29 is 4.79 Å². The van der Waals surface area contributed by atoms with Gasteiger partial charge in [-0.1, -0.05) is 12.5 Å². The zero-order valence-corrected chi connectivity index (χ0v) is 12.7. The van der Waals surface area contributed by atoms with E-state index in [2.05, 4.69) is 16.7 Å². The van der Waals surface area contributed by atoms with Gasteiger partial charge in [0.1, 0.15) is 0 Å². The van der Waals surface area contributed by atoms with Gasteiger partial charge in [-0.3, -0.25) is 4.79 Å². The summed E-state index contributed by atoms with van der Waals surface area (Å²) in [5.41, 5.74) is 8.09. The molecule has 4 heteroatoms. The van der Waals surface area contributed by atoms with Crippen LogP contribution >= 0.6 is 0 Å². The van der Waals surface area contributed by atoms with E-state index >= 15 is 0 Å². The van der Waals surface area contributed by atoms with Gasteiger partial charge < -0.3 is 16.4 Å². The summed E-state index contributed by atoms with van der Waals surface area (Å²) < 4.78 is 0. The van der Waals surface area contributed by atoms with E-state index in [0.717, 1.165) is 17.8 Å². The van der Waals surface area contributed by atoms with E-state index < -0.39 is 0 Å². The van der Waals surface area contributed by atoms with Gasteiger partial charge in [0.2, 0.25) is 5.91 Å². The first-order chi connectivity index (χ1) is 10.2. The lowest BCUT2D eigenvalue weighted by Gasteiger charge is -2.28. The summed E-state index contributed by atoms with van der Waals surface area (Å²) in [4.78, 5) is 11.5. The quantitative estimate of drug-likeness (QED) is 0.796. The molecule has 1 aliphatic carbocycles. The van der Waals surface area contributed by atoms with Crippen molar-refractivity contribution in [3.05, 3.63) is 29.3 Å². The topological polar surface area (TPSA) is 67.2 Å². The zero-order chi connectivity index (χ0) is 14.8. The lowest BCUT2D eigenvalue weighted by atomic mass is 9.92. The van der Waals surface area contributed by atoms with E-state index in [0.29, 0.717) is 23.6 Å². The Labute approximate surface area is 126 Å². The fourth-order valence-corrected chi connectivity index (χ4v) is 3.99. The van der Waals surface area contributed by atoms with Crippen LogP contribution in [0, 0.1) is 12.8 Å². The molecule has 2 fully saturated rings. The molecule has 0 aromatic heterocycles. The normalized spacial score (nSPS) is 28.7. The van der Waals surface area contributed by atoms with Gasteiger partial charge in [-0.25, -0.2) is 0 Å². The molecule has 1 aromatic carbocycles. The fraction of sp³-hybridized carbons (Fsp3) is 0.588. The summed E-state index contributed by atoms with van der Waals surface area (Å²) in [6.07, 6.45) is 6.38. The van der Waals surface area contributed by atoms with Crippen LogP contribution in [-0.4, -0.2) is 24.5 Å². The van der Waals surface area contributed by atoms with Crippen molar-refractivity contribution in [3.63, 3.8) is 0 Å². The van der Waals surface area contributed by atoms with E-state index in [-0.39, 0.29) is 5.91 Å². The molecule has 1 amide bonds. The molecule has 1 aromatic rings. The lowest BCUT2D eigenvalue weighted by Crippen LogP contribution is -2.38. The Bertz CT molecular complexity index is 523. The highest BCUT2D eigenvalue weighted by molar-refractivity contribution is 5.95. The third kappa shape index (κ3) is 2.91. The second-order valence-electron chi connectivity index (χ2n) is 6.39. The van der Waals surface area contributed by atoms with Gasteiger partial charge in [-0.05, 0) is 62.8 Å². The van der Waals surface area contributed by atoms with Gasteiger partial charge in [-0.15, -0.1) is 0 Å². The molecule has 0 bridgehead atoms. The molecule has 4 N–H and O–H groups in total. The van der Waals surface area contributed by atoms with Crippen molar-refractivity contribution in [2.75, 3.05) is 11.9 Å². The van der Waals surface area contributed by atoms with Gasteiger partial charge in [0.25, 0.3) is 0 Å². The Balaban J connectivity index is 1.76. The molecule has 3 rings (SSSR count). The molecular formula is C17H25N3O. The van der Waals surface area contributed by atoms with Crippen molar-refractivity contribution in [1.82, 2.24) is 5.32 Å². The first-order valence-electron chi connectivity index (χ1n) is 8.06. The molecule has 1 saturated heterocycles. The summed E-state index contributed by atoms with van der Waals surface area (Å²) in [5, 5.41) is 7.33. The highest BCUT2D eigenvalue weighted by Crippen LogP contribution is 2.34. The molecule has 1 saturated carbocycles. The third-order valence-electron chi connectivity index (χ3n) is 5.12. The Morgan fingerprint density at radius 1 is 1.29 bits per heavy atom. The Hall–Kier alpha value is -1.55. The number of hydrogen-bond donors (Lipinski definition) is 3. The highest BCUT2D eigenvalue weighted by atomic mass is 16.1. The van der Waals surface area contributed by atoms with Crippen molar-refractivity contribution in [2.45, 2.75) is 51.1 Å². The number of carbonyl (C=O) groups excluding carboxylic acids is 1. The van der Waals surface area contributed by atoms with Crippen LogP contribution in [0.15, 0.2) is 18.2 Å². The molecule has 4 nitrogen and oxygen atoms in total. The van der Waals surface area contributed by atoms with Crippen LogP contribution < -0.4 is 16.4 Å². The molecular weight excluding hydrogens is 262 g/mol. The van der Waals surface area contributed by atoms with Crippen molar-refractivity contribution in [1.29, 1.82) is 0 Å². The van der Waals surface area contributed by atoms with Gasteiger partial charge in [-0.2, -0.15) is 0 Å². The average molecular weight is 287 g/mol. The predicted octanol–water partition coefficient (Wildman–Crippen LogP) is 2.43. The summed E-state index contributed by atoms with van der Waals surface area (Å²) in [6, 6.07) is 6.92. The number of primary amides is 1. The van der Waals surface area contributed by atoms with Crippen molar-refractivity contribution in [2.24, 2.45) is 11.7 Å². The van der Waals surface area contributed by atoms with Crippen molar-refractivity contribution >= 4 is 11.6 Å². The third-order valence-corrected chi connectivity index (χ3v) is 5.12. The zero-order valence-electron chi connectivity index (χ0n) is 12.7. The van der Waals surface area contributed by atoms with E-state index in [1.165, 1.54) is 32.1 Å². The molecule has 21 heavy (non-hydrogen) atoms. The number of rotatable bonds is 4. The minimum absolute atomic E-state index is 0.350. The summed E-state index contributed by atoms with van der Waals surface area (Å²) in [6.45, 7) is 3.13. The number of anilines is 1. The number of carbonyl (C=O) groups is 1. The molecule has 114 valence electrons. The maximum absolute atomic E-state index is 11.5. The second-order valence-corrected chi connectivity index (χ2v) is 6.39. The van der Waals surface area contributed by atoms with Crippen molar-refractivity contribution in [3.8, 4) is 0 Å².